The number of hydrogen-bond acceptors (Lipinski definition) is 4. The van der Waals surface area contributed by atoms with E-state index in [0.717, 1.165) is 37.3 Å². The van der Waals surface area contributed by atoms with Crippen molar-refractivity contribution >= 4 is 22.6 Å². The number of aromatic nitrogens is 2. The van der Waals surface area contributed by atoms with Gasteiger partial charge < -0.3 is 9.84 Å². The topological polar surface area (TPSA) is 51.0 Å². The van der Waals surface area contributed by atoms with Crippen molar-refractivity contribution in [1.82, 2.24) is 15.5 Å². The van der Waals surface area contributed by atoms with Gasteiger partial charge in [0.2, 0.25) is 0 Å². The third-order valence-corrected chi connectivity index (χ3v) is 3.96. The van der Waals surface area contributed by atoms with Gasteiger partial charge in [-0.2, -0.15) is 4.98 Å². The maximum absolute atomic E-state index is 5.36. The summed E-state index contributed by atoms with van der Waals surface area (Å²) in [6, 6.07) is 8.12. The Kier molecular flexibility index (Phi) is 3.60. The van der Waals surface area contributed by atoms with E-state index in [1.165, 1.54) is 3.57 Å². The molecule has 1 saturated heterocycles. The first-order valence-corrected chi connectivity index (χ1v) is 7.21. The van der Waals surface area contributed by atoms with E-state index < -0.39 is 0 Å². The van der Waals surface area contributed by atoms with E-state index in [-0.39, 0.29) is 0 Å². The molecule has 0 aliphatic carbocycles. The maximum atomic E-state index is 5.36. The molecule has 0 atom stereocenters. The van der Waals surface area contributed by atoms with Crippen molar-refractivity contribution in [3.05, 3.63) is 33.7 Å². The van der Waals surface area contributed by atoms with Crippen LogP contribution in [0.5, 0.6) is 0 Å². The normalized spacial score (nSPS) is 16.9. The summed E-state index contributed by atoms with van der Waals surface area (Å²) in [5.41, 5.74) is 0.989. The summed E-state index contributed by atoms with van der Waals surface area (Å²) in [4.78, 5) is 4.53. The van der Waals surface area contributed by atoms with Crippen molar-refractivity contribution in [3.63, 3.8) is 0 Å². The second-order valence-corrected chi connectivity index (χ2v) is 5.73. The molecule has 0 bridgehead atoms. The molecule has 94 valence electrons. The van der Waals surface area contributed by atoms with Crippen LogP contribution in [0.25, 0.3) is 11.5 Å². The van der Waals surface area contributed by atoms with Crippen LogP contribution >= 0.6 is 22.6 Å². The van der Waals surface area contributed by atoms with Crippen LogP contribution in [0.4, 0.5) is 0 Å². The molecule has 0 saturated carbocycles. The minimum atomic E-state index is 0.438. The number of halogens is 1. The van der Waals surface area contributed by atoms with Crippen molar-refractivity contribution in [2.45, 2.75) is 18.8 Å². The third-order valence-electron chi connectivity index (χ3n) is 3.24. The summed E-state index contributed by atoms with van der Waals surface area (Å²) in [6.07, 6.45) is 2.18. The molecule has 3 rings (SSSR count). The zero-order valence-corrected chi connectivity index (χ0v) is 12.1. The minimum absolute atomic E-state index is 0.438. The molecule has 18 heavy (non-hydrogen) atoms. The first-order valence-electron chi connectivity index (χ1n) is 6.13. The van der Waals surface area contributed by atoms with E-state index in [4.69, 9.17) is 4.52 Å². The number of hydrogen-bond donors (Lipinski definition) is 1. The lowest BCUT2D eigenvalue weighted by Crippen LogP contribution is -2.27. The predicted molar refractivity (Wildman–Crippen MR) is 77.3 cm³/mol. The number of piperidine rings is 1. The van der Waals surface area contributed by atoms with Crippen molar-refractivity contribution < 1.29 is 4.52 Å². The Hall–Kier alpha value is -0.950. The van der Waals surface area contributed by atoms with Crippen LogP contribution in [0.15, 0.2) is 28.8 Å². The lowest BCUT2D eigenvalue weighted by Gasteiger charge is -2.18. The van der Waals surface area contributed by atoms with Gasteiger partial charge >= 0.3 is 0 Å². The first-order chi connectivity index (χ1) is 8.83. The van der Waals surface area contributed by atoms with Gasteiger partial charge in [0.15, 0.2) is 5.82 Å². The molecular weight excluding hydrogens is 341 g/mol. The van der Waals surface area contributed by atoms with Crippen LogP contribution in [0.1, 0.15) is 24.6 Å². The highest BCUT2D eigenvalue weighted by atomic mass is 127. The van der Waals surface area contributed by atoms with Crippen LogP contribution in [0.2, 0.25) is 0 Å². The summed E-state index contributed by atoms with van der Waals surface area (Å²) in [7, 11) is 0. The smallest absolute Gasteiger partial charge is 0.257 e. The van der Waals surface area contributed by atoms with Crippen molar-refractivity contribution in [2.24, 2.45) is 0 Å². The number of nitrogens with zero attached hydrogens (tertiary/aromatic N) is 2. The van der Waals surface area contributed by atoms with Crippen molar-refractivity contribution in [3.8, 4) is 11.5 Å². The van der Waals surface area contributed by atoms with E-state index in [0.29, 0.717) is 11.8 Å². The monoisotopic (exact) mass is 355 g/mol. The van der Waals surface area contributed by atoms with Crippen LogP contribution in [0, 0.1) is 3.57 Å². The molecule has 1 N–H and O–H groups in total. The molecule has 1 aliphatic rings. The Morgan fingerprint density at radius 2 is 1.89 bits per heavy atom. The maximum Gasteiger partial charge on any atom is 0.257 e. The van der Waals surface area contributed by atoms with Gasteiger partial charge in [0, 0.05) is 15.1 Å². The molecule has 1 aromatic carbocycles. The number of nitrogens with one attached hydrogen (secondary N) is 1. The largest absolute Gasteiger partial charge is 0.334 e. The van der Waals surface area contributed by atoms with E-state index in [1.807, 2.05) is 24.3 Å². The van der Waals surface area contributed by atoms with Crippen LogP contribution < -0.4 is 5.32 Å². The quantitative estimate of drug-likeness (QED) is 0.842. The van der Waals surface area contributed by atoms with Gasteiger partial charge in [-0.05, 0) is 72.8 Å². The fourth-order valence-electron chi connectivity index (χ4n) is 2.19. The second kappa shape index (κ2) is 5.36. The zero-order chi connectivity index (χ0) is 12.4. The Bertz CT molecular complexity index is 517. The van der Waals surface area contributed by atoms with Crippen molar-refractivity contribution in [2.75, 3.05) is 13.1 Å². The molecule has 0 amide bonds. The first kappa shape index (κ1) is 12.1. The molecule has 1 aromatic heterocycles. The van der Waals surface area contributed by atoms with Crippen LogP contribution in [-0.4, -0.2) is 23.2 Å². The molecule has 1 aliphatic heterocycles. The summed E-state index contributed by atoms with van der Waals surface area (Å²) in [6.45, 7) is 2.08. The second-order valence-electron chi connectivity index (χ2n) is 4.49. The summed E-state index contributed by atoms with van der Waals surface area (Å²) in [5.74, 6) is 1.91. The number of benzene rings is 1. The van der Waals surface area contributed by atoms with Crippen LogP contribution in [0.3, 0.4) is 0 Å². The SMILES string of the molecule is Ic1ccc(-c2nc(C3CCNCC3)no2)cc1. The van der Waals surface area contributed by atoms with Gasteiger partial charge in [-0.3, -0.25) is 0 Å². The lowest BCUT2D eigenvalue weighted by atomic mass is 9.98. The van der Waals surface area contributed by atoms with Gasteiger partial charge in [0.25, 0.3) is 5.89 Å². The molecule has 2 heterocycles. The molecule has 1 fully saturated rings. The molecule has 0 unspecified atom stereocenters. The van der Waals surface area contributed by atoms with Crippen molar-refractivity contribution in [1.29, 1.82) is 0 Å². The highest BCUT2D eigenvalue weighted by Crippen LogP contribution is 2.25. The van der Waals surface area contributed by atoms with Gasteiger partial charge in [-0.15, -0.1) is 0 Å². The molecule has 0 radical (unpaired) electrons. The number of rotatable bonds is 2. The summed E-state index contributed by atoms with van der Waals surface area (Å²) < 4.78 is 6.56. The fraction of sp³-hybridized carbons (Fsp3) is 0.385. The van der Waals surface area contributed by atoms with Gasteiger partial charge in [-0.1, -0.05) is 5.16 Å². The standard InChI is InChI=1S/C13H14IN3O/c14-11-3-1-10(2-4-11)13-16-12(17-18-13)9-5-7-15-8-6-9/h1-4,9,15H,5-8H2. The molecule has 5 heteroatoms. The molecule has 2 aromatic rings. The highest BCUT2D eigenvalue weighted by molar-refractivity contribution is 14.1. The average Bonchev–Trinajstić information content (AvgIpc) is 2.90. The Morgan fingerprint density at radius 3 is 2.61 bits per heavy atom. The Morgan fingerprint density at radius 1 is 1.17 bits per heavy atom. The minimum Gasteiger partial charge on any atom is -0.334 e. The van der Waals surface area contributed by atoms with Gasteiger partial charge in [-0.25, -0.2) is 0 Å². The Balaban J connectivity index is 1.82. The molecule has 0 spiro atoms. The average molecular weight is 355 g/mol. The van der Waals surface area contributed by atoms with E-state index in [2.05, 4.69) is 38.0 Å². The zero-order valence-electron chi connectivity index (χ0n) is 9.90. The molecule has 4 nitrogen and oxygen atoms in total. The van der Waals surface area contributed by atoms with E-state index >= 15 is 0 Å². The van der Waals surface area contributed by atoms with Gasteiger partial charge in [0.1, 0.15) is 0 Å². The lowest BCUT2D eigenvalue weighted by molar-refractivity contribution is 0.392. The molecular formula is C13H14IN3O. The summed E-state index contributed by atoms with van der Waals surface area (Å²) >= 11 is 2.28. The Labute approximate surface area is 119 Å². The van der Waals surface area contributed by atoms with Crippen LogP contribution in [-0.2, 0) is 0 Å². The fourth-order valence-corrected chi connectivity index (χ4v) is 2.55. The third kappa shape index (κ3) is 2.56. The van der Waals surface area contributed by atoms with E-state index in [9.17, 15) is 0 Å². The van der Waals surface area contributed by atoms with E-state index in [1.54, 1.807) is 0 Å². The highest BCUT2D eigenvalue weighted by Gasteiger charge is 2.20. The summed E-state index contributed by atoms with van der Waals surface area (Å²) in [5, 5.41) is 7.47. The predicted octanol–water partition coefficient (Wildman–Crippen LogP) is 2.81. The van der Waals surface area contributed by atoms with Gasteiger partial charge in [0.05, 0.1) is 0 Å².